The van der Waals surface area contributed by atoms with Crippen molar-refractivity contribution in [3.63, 3.8) is 0 Å². The molecule has 1 N–H and O–H groups in total. The van der Waals surface area contributed by atoms with E-state index in [9.17, 15) is 13.2 Å². The fourth-order valence-corrected chi connectivity index (χ4v) is 1.69. The minimum absolute atomic E-state index is 0.215. The highest BCUT2D eigenvalue weighted by Gasteiger charge is 2.30. The molecule has 1 heterocycles. The molecule has 0 fully saturated rings. The predicted molar refractivity (Wildman–Crippen MR) is 63.2 cm³/mol. The molecule has 0 saturated carbocycles. The molecule has 1 unspecified atom stereocenters. The number of hydrogen-bond donors (Lipinski definition) is 1. The normalized spacial score (nSPS) is 13.5. The minimum Gasteiger partial charge on any atom is -0.447 e. The molecule has 0 aliphatic carbocycles. The van der Waals surface area contributed by atoms with Gasteiger partial charge in [0, 0.05) is 6.04 Å². The quantitative estimate of drug-likeness (QED) is 0.923. The summed E-state index contributed by atoms with van der Waals surface area (Å²) in [4.78, 5) is 3.76. The van der Waals surface area contributed by atoms with E-state index in [1.165, 1.54) is 12.5 Å². The SMILES string of the molecule is CC(NCc1cnco1)c1cccc(C(F)(F)F)c1. The van der Waals surface area contributed by atoms with Crippen molar-refractivity contribution in [1.29, 1.82) is 0 Å². The molecule has 2 rings (SSSR count). The zero-order valence-corrected chi connectivity index (χ0v) is 10.2. The zero-order valence-electron chi connectivity index (χ0n) is 10.2. The Morgan fingerprint density at radius 3 is 2.79 bits per heavy atom. The van der Waals surface area contributed by atoms with Gasteiger partial charge in [0.15, 0.2) is 6.39 Å². The second-order valence-electron chi connectivity index (χ2n) is 4.19. The number of aromatic nitrogens is 1. The molecule has 0 saturated heterocycles. The van der Waals surface area contributed by atoms with Crippen LogP contribution in [0.2, 0.25) is 0 Å². The van der Waals surface area contributed by atoms with Crippen LogP contribution in [0.15, 0.2) is 41.3 Å². The van der Waals surface area contributed by atoms with Crippen molar-refractivity contribution in [1.82, 2.24) is 10.3 Å². The number of alkyl halides is 3. The highest BCUT2D eigenvalue weighted by Crippen LogP contribution is 2.30. The van der Waals surface area contributed by atoms with Crippen LogP contribution in [-0.2, 0) is 12.7 Å². The summed E-state index contributed by atoms with van der Waals surface area (Å²) in [5.41, 5.74) is -0.0624. The van der Waals surface area contributed by atoms with Crippen LogP contribution in [0.4, 0.5) is 13.2 Å². The fourth-order valence-electron chi connectivity index (χ4n) is 1.69. The first-order valence-electron chi connectivity index (χ1n) is 5.75. The van der Waals surface area contributed by atoms with Crippen LogP contribution in [0.3, 0.4) is 0 Å². The number of oxazole rings is 1. The molecule has 1 aromatic carbocycles. The summed E-state index contributed by atoms with van der Waals surface area (Å²) >= 11 is 0. The van der Waals surface area contributed by atoms with E-state index in [1.807, 2.05) is 0 Å². The van der Waals surface area contributed by atoms with E-state index in [2.05, 4.69) is 10.3 Å². The molecule has 102 valence electrons. The van der Waals surface area contributed by atoms with Crippen molar-refractivity contribution >= 4 is 0 Å². The maximum atomic E-state index is 12.6. The van der Waals surface area contributed by atoms with Crippen LogP contribution in [0, 0.1) is 0 Å². The van der Waals surface area contributed by atoms with Gasteiger partial charge in [-0.15, -0.1) is 0 Å². The number of rotatable bonds is 4. The van der Waals surface area contributed by atoms with E-state index in [0.717, 1.165) is 12.1 Å². The summed E-state index contributed by atoms with van der Waals surface area (Å²) in [6, 6.07) is 5.07. The number of nitrogens with one attached hydrogen (secondary N) is 1. The van der Waals surface area contributed by atoms with Crippen molar-refractivity contribution in [3.05, 3.63) is 53.7 Å². The maximum absolute atomic E-state index is 12.6. The average Bonchev–Trinajstić information content (AvgIpc) is 2.88. The smallest absolute Gasteiger partial charge is 0.416 e. The van der Waals surface area contributed by atoms with Crippen molar-refractivity contribution < 1.29 is 17.6 Å². The third-order valence-corrected chi connectivity index (χ3v) is 2.78. The summed E-state index contributed by atoms with van der Waals surface area (Å²) in [7, 11) is 0. The molecular formula is C13H13F3N2O. The van der Waals surface area contributed by atoms with Crippen LogP contribution in [0.5, 0.6) is 0 Å². The van der Waals surface area contributed by atoms with E-state index in [4.69, 9.17) is 4.42 Å². The first-order valence-corrected chi connectivity index (χ1v) is 5.75. The monoisotopic (exact) mass is 270 g/mol. The maximum Gasteiger partial charge on any atom is 0.416 e. The van der Waals surface area contributed by atoms with Gasteiger partial charge in [-0.2, -0.15) is 13.2 Å². The highest BCUT2D eigenvalue weighted by atomic mass is 19.4. The number of benzene rings is 1. The number of hydrogen-bond acceptors (Lipinski definition) is 3. The van der Waals surface area contributed by atoms with Crippen LogP contribution < -0.4 is 5.32 Å². The molecule has 0 aliphatic rings. The molecule has 0 amide bonds. The summed E-state index contributed by atoms with van der Waals surface area (Å²) in [5.74, 6) is 0.638. The molecule has 0 spiro atoms. The lowest BCUT2D eigenvalue weighted by Crippen LogP contribution is -2.18. The highest BCUT2D eigenvalue weighted by molar-refractivity contribution is 5.27. The summed E-state index contributed by atoms with van der Waals surface area (Å²) in [6.45, 7) is 2.21. The molecule has 1 atom stereocenters. The first-order chi connectivity index (χ1) is 8.97. The molecule has 1 aromatic heterocycles. The standard InChI is InChI=1S/C13H13F3N2O/c1-9(18-7-12-6-17-8-19-12)10-3-2-4-11(5-10)13(14,15)16/h2-6,8-9,18H,7H2,1H3. The van der Waals surface area contributed by atoms with E-state index < -0.39 is 11.7 Å². The lowest BCUT2D eigenvalue weighted by molar-refractivity contribution is -0.137. The van der Waals surface area contributed by atoms with Crippen LogP contribution in [-0.4, -0.2) is 4.98 Å². The molecule has 2 aromatic rings. The molecular weight excluding hydrogens is 257 g/mol. The van der Waals surface area contributed by atoms with Crippen molar-refractivity contribution in [3.8, 4) is 0 Å². The molecule has 0 bridgehead atoms. The number of halogens is 3. The molecule has 6 heteroatoms. The van der Waals surface area contributed by atoms with Gasteiger partial charge in [-0.1, -0.05) is 12.1 Å². The third kappa shape index (κ3) is 3.57. The Balaban J connectivity index is 2.04. The van der Waals surface area contributed by atoms with E-state index in [-0.39, 0.29) is 6.04 Å². The summed E-state index contributed by atoms with van der Waals surface area (Å²) < 4.78 is 42.8. The molecule has 0 aliphatic heterocycles. The largest absolute Gasteiger partial charge is 0.447 e. The number of nitrogens with zero attached hydrogens (tertiary/aromatic N) is 1. The van der Waals surface area contributed by atoms with Gasteiger partial charge in [0.05, 0.1) is 18.3 Å². The second kappa shape index (κ2) is 5.44. The van der Waals surface area contributed by atoms with E-state index in [0.29, 0.717) is 17.9 Å². The van der Waals surface area contributed by atoms with Crippen LogP contribution in [0.25, 0.3) is 0 Å². The van der Waals surface area contributed by atoms with Crippen LogP contribution in [0.1, 0.15) is 29.9 Å². The second-order valence-corrected chi connectivity index (χ2v) is 4.19. The van der Waals surface area contributed by atoms with Gasteiger partial charge >= 0.3 is 6.18 Å². The Morgan fingerprint density at radius 2 is 2.16 bits per heavy atom. The molecule has 0 radical (unpaired) electrons. The van der Waals surface area contributed by atoms with Gasteiger partial charge in [0.1, 0.15) is 5.76 Å². The van der Waals surface area contributed by atoms with E-state index >= 15 is 0 Å². The minimum atomic E-state index is -4.32. The lowest BCUT2D eigenvalue weighted by atomic mass is 10.0. The van der Waals surface area contributed by atoms with Gasteiger partial charge in [-0.25, -0.2) is 4.98 Å². The first kappa shape index (κ1) is 13.6. The Bertz CT molecular complexity index is 523. The van der Waals surface area contributed by atoms with Gasteiger partial charge in [-0.3, -0.25) is 0 Å². The predicted octanol–water partition coefficient (Wildman–Crippen LogP) is 3.54. The van der Waals surface area contributed by atoms with Crippen molar-refractivity contribution in [2.24, 2.45) is 0 Å². The van der Waals surface area contributed by atoms with Gasteiger partial charge in [0.25, 0.3) is 0 Å². The summed E-state index contributed by atoms with van der Waals surface area (Å²) in [6.07, 6.45) is -1.45. The lowest BCUT2D eigenvalue weighted by Gasteiger charge is -2.15. The zero-order chi connectivity index (χ0) is 13.9. The van der Waals surface area contributed by atoms with Crippen molar-refractivity contribution in [2.75, 3.05) is 0 Å². The third-order valence-electron chi connectivity index (χ3n) is 2.78. The molecule has 19 heavy (non-hydrogen) atoms. The Labute approximate surface area is 108 Å². The van der Waals surface area contributed by atoms with E-state index in [1.54, 1.807) is 19.2 Å². The Kier molecular flexibility index (Phi) is 3.90. The molecule has 3 nitrogen and oxygen atoms in total. The van der Waals surface area contributed by atoms with Crippen LogP contribution >= 0.6 is 0 Å². The Hall–Kier alpha value is -1.82. The van der Waals surface area contributed by atoms with Crippen molar-refractivity contribution in [2.45, 2.75) is 25.7 Å². The van der Waals surface area contributed by atoms with Gasteiger partial charge in [-0.05, 0) is 24.6 Å². The average molecular weight is 270 g/mol. The Morgan fingerprint density at radius 1 is 1.37 bits per heavy atom. The van der Waals surface area contributed by atoms with Gasteiger partial charge < -0.3 is 9.73 Å². The van der Waals surface area contributed by atoms with Gasteiger partial charge in [0.2, 0.25) is 0 Å². The fraction of sp³-hybridized carbons (Fsp3) is 0.308. The topological polar surface area (TPSA) is 38.1 Å². The summed E-state index contributed by atoms with van der Waals surface area (Å²) in [5, 5.41) is 3.08.